The zero-order chi connectivity index (χ0) is 16.4. The molecule has 2 aliphatic heterocycles. The van der Waals surface area contributed by atoms with E-state index in [1.807, 2.05) is 13.0 Å². The highest BCUT2D eigenvalue weighted by atomic mass is 35.5. The van der Waals surface area contributed by atoms with E-state index in [0.29, 0.717) is 22.0 Å². The first-order valence-electron chi connectivity index (χ1n) is 8.15. The van der Waals surface area contributed by atoms with E-state index >= 15 is 0 Å². The summed E-state index contributed by atoms with van der Waals surface area (Å²) in [5, 5.41) is 11.0. The van der Waals surface area contributed by atoms with E-state index in [0.717, 1.165) is 50.0 Å². The van der Waals surface area contributed by atoms with Crippen molar-refractivity contribution < 1.29 is 4.79 Å². The van der Waals surface area contributed by atoms with Crippen molar-refractivity contribution in [3.8, 4) is 0 Å². The number of halogens is 2. The van der Waals surface area contributed by atoms with Crippen LogP contribution in [0.1, 0.15) is 30.4 Å². The fourth-order valence-electron chi connectivity index (χ4n) is 3.70. The molecule has 1 spiro atoms. The summed E-state index contributed by atoms with van der Waals surface area (Å²) in [5.41, 5.74) is 2.22. The van der Waals surface area contributed by atoms with Gasteiger partial charge >= 0.3 is 0 Å². The van der Waals surface area contributed by atoms with E-state index in [4.69, 9.17) is 23.2 Å². The molecule has 0 radical (unpaired) electrons. The van der Waals surface area contributed by atoms with E-state index in [-0.39, 0.29) is 11.9 Å². The number of aryl methyl sites for hydroxylation is 1. The van der Waals surface area contributed by atoms with E-state index in [1.54, 1.807) is 6.07 Å². The molecular formula is C17H23Cl2N3O. The molecule has 6 heteroatoms. The molecule has 2 saturated heterocycles. The molecule has 3 N–H and O–H groups in total. The summed E-state index contributed by atoms with van der Waals surface area (Å²) in [6.45, 7) is 5.43. The van der Waals surface area contributed by atoms with Crippen LogP contribution in [-0.4, -0.2) is 31.6 Å². The van der Waals surface area contributed by atoms with E-state index in [2.05, 4.69) is 16.0 Å². The lowest BCUT2D eigenvalue weighted by atomic mass is 9.77. The fraction of sp³-hybridized carbons (Fsp3) is 0.588. The fourth-order valence-corrected chi connectivity index (χ4v) is 4.36. The monoisotopic (exact) mass is 355 g/mol. The predicted octanol–water partition coefficient (Wildman–Crippen LogP) is 2.65. The summed E-state index contributed by atoms with van der Waals surface area (Å²) >= 11 is 12.2. The van der Waals surface area contributed by atoms with Gasteiger partial charge in [0.05, 0.1) is 6.04 Å². The first kappa shape index (κ1) is 17.0. The van der Waals surface area contributed by atoms with Crippen molar-refractivity contribution in [2.45, 2.75) is 38.8 Å². The molecule has 1 aromatic carbocycles. The van der Waals surface area contributed by atoms with Crippen LogP contribution in [0.5, 0.6) is 0 Å². The van der Waals surface area contributed by atoms with Crippen LogP contribution in [0.15, 0.2) is 12.1 Å². The number of nitrogens with one attached hydrogen (secondary N) is 3. The number of carbonyl (C=O) groups is 1. The molecule has 2 aliphatic rings. The van der Waals surface area contributed by atoms with Gasteiger partial charge in [-0.1, -0.05) is 23.2 Å². The second-order valence-electron chi connectivity index (χ2n) is 6.79. The van der Waals surface area contributed by atoms with Crippen LogP contribution in [0.25, 0.3) is 0 Å². The summed E-state index contributed by atoms with van der Waals surface area (Å²) in [4.78, 5) is 12.5. The molecule has 4 nitrogen and oxygen atoms in total. The number of carbonyl (C=O) groups excluding carboxylic acids is 1. The van der Waals surface area contributed by atoms with Gasteiger partial charge in [0, 0.05) is 23.1 Å². The van der Waals surface area contributed by atoms with Gasteiger partial charge in [-0.2, -0.15) is 0 Å². The number of amides is 1. The maximum atomic E-state index is 12.5. The van der Waals surface area contributed by atoms with Crippen LogP contribution in [0, 0.1) is 12.3 Å². The predicted molar refractivity (Wildman–Crippen MR) is 94.0 cm³/mol. The smallest absolute Gasteiger partial charge is 0.237 e. The summed E-state index contributed by atoms with van der Waals surface area (Å²) in [6, 6.07) is 3.49. The van der Waals surface area contributed by atoms with Gasteiger partial charge in [-0.15, -0.1) is 0 Å². The van der Waals surface area contributed by atoms with Gasteiger partial charge in [-0.25, -0.2) is 0 Å². The summed E-state index contributed by atoms with van der Waals surface area (Å²) in [5.74, 6) is 0.0609. The Kier molecular flexibility index (Phi) is 5.16. The Hall–Kier alpha value is -0.810. The van der Waals surface area contributed by atoms with Crippen LogP contribution in [-0.2, 0) is 11.3 Å². The highest BCUT2D eigenvalue weighted by molar-refractivity contribution is 6.35. The van der Waals surface area contributed by atoms with E-state index < -0.39 is 0 Å². The number of piperidine rings is 1. The van der Waals surface area contributed by atoms with Gasteiger partial charge in [-0.3, -0.25) is 4.79 Å². The topological polar surface area (TPSA) is 53.2 Å². The average Bonchev–Trinajstić information content (AvgIpc) is 2.90. The molecule has 0 saturated carbocycles. The zero-order valence-electron chi connectivity index (χ0n) is 13.3. The Balaban J connectivity index is 1.58. The summed E-state index contributed by atoms with van der Waals surface area (Å²) in [6.07, 6.45) is 3.21. The molecule has 0 bridgehead atoms. The summed E-state index contributed by atoms with van der Waals surface area (Å²) < 4.78 is 0. The summed E-state index contributed by atoms with van der Waals surface area (Å²) in [7, 11) is 0. The minimum atomic E-state index is -0.0977. The molecule has 0 aromatic heterocycles. The van der Waals surface area contributed by atoms with Crippen molar-refractivity contribution in [2.24, 2.45) is 5.41 Å². The largest absolute Gasteiger partial charge is 0.351 e. The Morgan fingerprint density at radius 1 is 1.35 bits per heavy atom. The molecule has 1 atom stereocenters. The van der Waals surface area contributed by atoms with Crippen molar-refractivity contribution >= 4 is 29.1 Å². The minimum absolute atomic E-state index is 0.0609. The number of benzene rings is 1. The van der Waals surface area contributed by atoms with Crippen LogP contribution < -0.4 is 16.0 Å². The molecule has 0 aliphatic carbocycles. The van der Waals surface area contributed by atoms with Crippen molar-refractivity contribution in [3.63, 3.8) is 0 Å². The standard InChI is InChI=1S/C17H23Cl2N3O/c1-11-6-12(18)7-14(19)13(11)9-21-16(23)15-8-17(10-22-15)2-4-20-5-3-17/h6-7,15,20,22H,2-5,8-10H2,1H3,(H,21,23). The number of hydrogen-bond acceptors (Lipinski definition) is 3. The lowest BCUT2D eigenvalue weighted by molar-refractivity contribution is -0.123. The van der Waals surface area contributed by atoms with Gasteiger partial charge in [0.1, 0.15) is 0 Å². The quantitative estimate of drug-likeness (QED) is 0.781. The lowest BCUT2D eigenvalue weighted by Crippen LogP contribution is -2.40. The third kappa shape index (κ3) is 3.82. The maximum Gasteiger partial charge on any atom is 0.237 e. The minimum Gasteiger partial charge on any atom is -0.351 e. The lowest BCUT2D eigenvalue weighted by Gasteiger charge is -2.33. The highest BCUT2D eigenvalue weighted by Gasteiger charge is 2.41. The molecule has 126 valence electrons. The van der Waals surface area contributed by atoms with Crippen molar-refractivity contribution in [1.82, 2.24) is 16.0 Å². The SMILES string of the molecule is Cc1cc(Cl)cc(Cl)c1CNC(=O)C1CC2(CCNCC2)CN1. The van der Waals surface area contributed by atoms with Crippen molar-refractivity contribution in [1.29, 1.82) is 0 Å². The second kappa shape index (κ2) is 6.98. The number of hydrogen-bond donors (Lipinski definition) is 3. The molecule has 2 fully saturated rings. The molecule has 1 unspecified atom stereocenters. The molecule has 1 amide bonds. The molecule has 3 rings (SSSR count). The Bertz CT molecular complexity index is 576. The van der Waals surface area contributed by atoms with Gasteiger partial charge in [-0.05, 0) is 68.0 Å². The van der Waals surface area contributed by atoms with E-state index in [9.17, 15) is 4.79 Å². The second-order valence-corrected chi connectivity index (χ2v) is 7.63. The molecule has 1 aromatic rings. The third-order valence-electron chi connectivity index (χ3n) is 5.16. The molecule has 23 heavy (non-hydrogen) atoms. The average molecular weight is 356 g/mol. The Labute approximate surface area is 147 Å². The van der Waals surface area contributed by atoms with Crippen LogP contribution in [0.3, 0.4) is 0 Å². The molecular weight excluding hydrogens is 333 g/mol. The maximum absolute atomic E-state index is 12.5. The van der Waals surface area contributed by atoms with Crippen LogP contribution in [0.4, 0.5) is 0 Å². The number of rotatable bonds is 3. The van der Waals surface area contributed by atoms with Crippen LogP contribution in [0.2, 0.25) is 10.0 Å². The first-order chi connectivity index (χ1) is 11.0. The first-order valence-corrected chi connectivity index (χ1v) is 8.91. The van der Waals surface area contributed by atoms with Gasteiger partial charge < -0.3 is 16.0 Å². The van der Waals surface area contributed by atoms with Crippen LogP contribution >= 0.6 is 23.2 Å². The van der Waals surface area contributed by atoms with Crippen molar-refractivity contribution in [2.75, 3.05) is 19.6 Å². The van der Waals surface area contributed by atoms with Gasteiger partial charge in [0.25, 0.3) is 0 Å². The van der Waals surface area contributed by atoms with Gasteiger partial charge in [0.15, 0.2) is 0 Å². The third-order valence-corrected chi connectivity index (χ3v) is 5.72. The Morgan fingerprint density at radius 2 is 2.09 bits per heavy atom. The molecule has 2 heterocycles. The van der Waals surface area contributed by atoms with E-state index in [1.165, 1.54) is 0 Å². The highest BCUT2D eigenvalue weighted by Crippen LogP contribution is 2.37. The van der Waals surface area contributed by atoms with Crippen molar-refractivity contribution in [3.05, 3.63) is 33.3 Å². The Morgan fingerprint density at radius 3 is 2.78 bits per heavy atom. The zero-order valence-corrected chi connectivity index (χ0v) is 14.9. The van der Waals surface area contributed by atoms with Gasteiger partial charge in [0.2, 0.25) is 5.91 Å². The normalized spacial score (nSPS) is 23.2.